The minimum atomic E-state index is 0.282. The zero-order chi connectivity index (χ0) is 13.0. The van der Waals surface area contributed by atoms with Gasteiger partial charge in [-0.3, -0.25) is 9.69 Å². The van der Waals surface area contributed by atoms with Gasteiger partial charge < -0.3 is 15.5 Å². The van der Waals surface area contributed by atoms with Gasteiger partial charge in [0.05, 0.1) is 6.54 Å². The molecule has 0 aromatic heterocycles. The highest BCUT2D eigenvalue weighted by Gasteiger charge is 2.30. The molecule has 0 spiro atoms. The Bertz CT molecular complexity index is 280. The smallest absolute Gasteiger partial charge is 0.236 e. The zero-order valence-corrected chi connectivity index (χ0v) is 11.5. The zero-order valence-electron chi connectivity index (χ0n) is 11.5. The Morgan fingerprint density at radius 1 is 1.22 bits per heavy atom. The van der Waals surface area contributed by atoms with Gasteiger partial charge in [-0.1, -0.05) is 0 Å². The Hall–Kier alpha value is -0.650. The maximum atomic E-state index is 12.1. The molecule has 2 aliphatic rings. The van der Waals surface area contributed by atoms with Crippen molar-refractivity contribution in [3.05, 3.63) is 0 Å². The molecule has 0 atom stereocenters. The summed E-state index contributed by atoms with van der Waals surface area (Å²) >= 11 is 0. The van der Waals surface area contributed by atoms with E-state index < -0.39 is 0 Å². The van der Waals surface area contributed by atoms with E-state index in [1.807, 2.05) is 11.9 Å². The number of hydrogen-bond acceptors (Lipinski definition) is 4. The van der Waals surface area contributed by atoms with Crippen LogP contribution in [0.5, 0.6) is 0 Å². The first-order valence-corrected chi connectivity index (χ1v) is 7.11. The van der Waals surface area contributed by atoms with Crippen molar-refractivity contribution in [1.29, 1.82) is 0 Å². The van der Waals surface area contributed by atoms with Crippen LogP contribution in [0.25, 0.3) is 0 Å². The second-order valence-corrected chi connectivity index (χ2v) is 5.50. The van der Waals surface area contributed by atoms with Crippen LogP contribution in [-0.4, -0.2) is 79.5 Å². The lowest BCUT2D eigenvalue weighted by Crippen LogP contribution is -2.41. The predicted octanol–water partition coefficient (Wildman–Crippen LogP) is -0.426. The average Bonchev–Trinajstić information content (AvgIpc) is 3.17. The Labute approximate surface area is 110 Å². The number of carbonyl (C=O) groups excluding carboxylic acids is 1. The lowest BCUT2D eigenvalue weighted by molar-refractivity contribution is -0.131. The lowest BCUT2D eigenvalue weighted by Gasteiger charge is -2.24. The highest BCUT2D eigenvalue weighted by molar-refractivity contribution is 5.78. The highest BCUT2D eigenvalue weighted by Crippen LogP contribution is 2.25. The fourth-order valence-electron chi connectivity index (χ4n) is 2.56. The molecule has 104 valence electrons. The van der Waals surface area contributed by atoms with Gasteiger partial charge >= 0.3 is 0 Å². The molecule has 0 aromatic carbocycles. The molecule has 0 unspecified atom stereocenters. The highest BCUT2D eigenvalue weighted by atomic mass is 16.2. The molecule has 1 heterocycles. The molecule has 1 amide bonds. The summed E-state index contributed by atoms with van der Waals surface area (Å²) in [7, 11) is 1.94. The summed E-state index contributed by atoms with van der Waals surface area (Å²) in [4.78, 5) is 18.7. The second kappa shape index (κ2) is 6.50. The first-order chi connectivity index (χ1) is 8.70. The van der Waals surface area contributed by atoms with E-state index in [2.05, 4.69) is 9.80 Å². The maximum Gasteiger partial charge on any atom is 0.236 e. The van der Waals surface area contributed by atoms with Gasteiger partial charge in [0.1, 0.15) is 0 Å². The van der Waals surface area contributed by atoms with Crippen molar-refractivity contribution < 1.29 is 4.79 Å². The van der Waals surface area contributed by atoms with Gasteiger partial charge in [-0.25, -0.2) is 0 Å². The summed E-state index contributed by atoms with van der Waals surface area (Å²) in [6.07, 6.45) is 3.51. The van der Waals surface area contributed by atoms with E-state index >= 15 is 0 Å². The van der Waals surface area contributed by atoms with Gasteiger partial charge in [0.2, 0.25) is 5.91 Å². The van der Waals surface area contributed by atoms with E-state index in [1.54, 1.807) is 0 Å². The minimum Gasteiger partial charge on any atom is -0.342 e. The fourth-order valence-corrected chi connectivity index (χ4v) is 2.56. The van der Waals surface area contributed by atoms with Crippen molar-refractivity contribution in [3.8, 4) is 0 Å². The van der Waals surface area contributed by atoms with E-state index in [1.165, 1.54) is 12.8 Å². The third kappa shape index (κ3) is 3.93. The van der Waals surface area contributed by atoms with Crippen molar-refractivity contribution in [2.24, 2.45) is 5.73 Å². The molecule has 5 heteroatoms. The van der Waals surface area contributed by atoms with Crippen molar-refractivity contribution in [1.82, 2.24) is 14.7 Å². The van der Waals surface area contributed by atoms with Gasteiger partial charge in [0.15, 0.2) is 0 Å². The normalized spacial score (nSPS) is 22.8. The molecule has 1 saturated heterocycles. The number of hydrogen-bond donors (Lipinski definition) is 1. The molecular formula is C13H26N4O. The Morgan fingerprint density at radius 3 is 2.56 bits per heavy atom. The summed E-state index contributed by atoms with van der Waals surface area (Å²) in [5.41, 5.74) is 5.59. The molecule has 2 rings (SSSR count). The molecule has 2 fully saturated rings. The fraction of sp³-hybridized carbons (Fsp3) is 0.923. The van der Waals surface area contributed by atoms with E-state index in [4.69, 9.17) is 5.73 Å². The molecule has 1 aliphatic heterocycles. The van der Waals surface area contributed by atoms with Crippen molar-refractivity contribution in [2.75, 3.05) is 52.9 Å². The number of amides is 1. The van der Waals surface area contributed by atoms with Crippen LogP contribution in [0, 0.1) is 0 Å². The van der Waals surface area contributed by atoms with E-state index in [0.717, 1.165) is 45.7 Å². The Balaban J connectivity index is 1.74. The standard InChI is InChI=1S/C13H26N4O/c1-15(12-3-4-12)13(18)11-17-7-2-6-16(8-5-14)9-10-17/h12H,2-11,14H2,1H3. The summed E-state index contributed by atoms with van der Waals surface area (Å²) in [5.74, 6) is 0.282. The topological polar surface area (TPSA) is 52.8 Å². The van der Waals surface area contributed by atoms with Gasteiger partial charge in [0, 0.05) is 39.3 Å². The summed E-state index contributed by atoms with van der Waals surface area (Å²) in [5, 5.41) is 0. The quantitative estimate of drug-likeness (QED) is 0.723. The maximum absolute atomic E-state index is 12.1. The van der Waals surface area contributed by atoms with Crippen LogP contribution in [-0.2, 0) is 4.79 Å². The van der Waals surface area contributed by atoms with Gasteiger partial charge in [-0.2, -0.15) is 0 Å². The van der Waals surface area contributed by atoms with Gasteiger partial charge in [0.25, 0.3) is 0 Å². The first kappa shape index (κ1) is 13.8. The minimum absolute atomic E-state index is 0.282. The van der Waals surface area contributed by atoms with E-state index in [9.17, 15) is 4.79 Å². The lowest BCUT2D eigenvalue weighted by atomic mass is 10.3. The largest absolute Gasteiger partial charge is 0.342 e. The summed E-state index contributed by atoms with van der Waals surface area (Å²) in [6.45, 7) is 6.46. The number of nitrogens with two attached hydrogens (primary N) is 1. The number of likely N-dealkylation sites (N-methyl/N-ethyl adjacent to an activating group) is 1. The number of rotatable bonds is 5. The molecule has 0 bridgehead atoms. The molecule has 0 radical (unpaired) electrons. The van der Waals surface area contributed by atoms with Crippen LogP contribution >= 0.6 is 0 Å². The third-order valence-corrected chi connectivity index (χ3v) is 3.97. The molecule has 1 aliphatic carbocycles. The van der Waals surface area contributed by atoms with Crippen LogP contribution < -0.4 is 5.73 Å². The molecule has 18 heavy (non-hydrogen) atoms. The summed E-state index contributed by atoms with van der Waals surface area (Å²) < 4.78 is 0. The predicted molar refractivity (Wildman–Crippen MR) is 72.3 cm³/mol. The van der Waals surface area contributed by atoms with Crippen molar-refractivity contribution >= 4 is 5.91 Å². The number of nitrogens with zero attached hydrogens (tertiary/aromatic N) is 3. The van der Waals surface area contributed by atoms with Crippen molar-refractivity contribution in [3.63, 3.8) is 0 Å². The second-order valence-electron chi connectivity index (χ2n) is 5.50. The van der Waals surface area contributed by atoms with Crippen LogP contribution in [0.15, 0.2) is 0 Å². The van der Waals surface area contributed by atoms with Crippen LogP contribution in [0.4, 0.5) is 0 Å². The molecule has 5 nitrogen and oxygen atoms in total. The van der Waals surface area contributed by atoms with Crippen LogP contribution in [0.2, 0.25) is 0 Å². The van der Waals surface area contributed by atoms with Crippen LogP contribution in [0.3, 0.4) is 0 Å². The monoisotopic (exact) mass is 254 g/mol. The van der Waals surface area contributed by atoms with E-state index in [0.29, 0.717) is 12.6 Å². The van der Waals surface area contributed by atoms with Gasteiger partial charge in [-0.05, 0) is 32.4 Å². The van der Waals surface area contributed by atoms with Gasteiger partial charge in [-0.15, -0.1) is 0 Å². The average molecular weight is 254 g/mol. The molecule has 1 saturated carbocycles. The molecule has 0 aromatic rings. The Kier molecular flexibility index (Phi) is 4.97. The summed E-state index contributed by atoms with van der Waals surface area (Å²) in [6, 6.07) is 0.526. The number of carbonyl (C=O) groups is 1. The molecule has 2 N–H and O–H groups in total. The Morgan fingerprint density at radius 2 is 1.89 bits per heavy atom. The van der Waals surface area contributed by atoms with E-state index in [-0.39, 0.29) is 5.91 Å². The first-order valence-electron chi connectivity index (χ1n) is 7.11. The van der Waals surface area contributed by atoms with Crippen LogP contribution in [0.1, 0.15) is 19.3 Å². The molecular weight excluding hydrogens is 228 g/mol. The third-order valence-electron chi connectivity index (χ3n) is 3.97. The SMILES string of the molecule is CN(C(=O)CN1CCCN(CCN)CC1)C1CC1. The van der Waals surface area contributed by atoms with Crippen molar-refractivity contribution in [2.45, 2.75) is 25.3 Å².